The molecule has 4 heterocycles. The minimum atomic E-state index is -1.37. The van der Waals surface area contributed by atoms with Gasteiger partial charge in [-0.3, -0.25) is 14.3 Å². The van der Waals surface area contributed by atoms with Gasteiger partial charge >= 0.3 is 23.6 Å². The summed E-state index contributed by atoms with van der Waals surface area (Å²) < 4.78 is 49.6. The number of H-pyrrole nitrogens is 1. The highest BCUT2D eigenvalue weighted by molar-refractivity contribution is 5.91. The summed E-state index contributed by atoms with van der Waals surface area (Å²) >= 11 is 0. The summed E-state index contributed by atoms with van der Waals surface area (Å²) in [4.78, 5) is 66.5. The zero-order valence-corrected chi connectivity index (χ0v) is 28.6. The lowest BCUT2D eigenvalue weighted by atomic mass is 10.1. The van der Waals surface area contributed by atoms with E-state index in [-0.39, 0.29) is 23.3 Å². The van der Waals surface area contributed by atoms with E-state index in [0.717, 1.165) is 0 Å². The number of aromatic nitrogens is 2. The molecule has 3 aliphatic rings. The second kappa shape index (κ2) is 15.3. The van der Waals surface area contributed by atoms with Crippen LogP contribution in [-0.2, 0) is 37.9 Å². The van der Waals surface area contributed by atoms with Crippen LogP contribution in [0.4, 0.5) is 0 Å². The van der Waals surface area contributed by atoms with Crippen molar-refractivity contribution in [3.05, 3.63) is 141 Å². The van der Waals surface area contributed by atoms with Crippen molar-refractivity contribution >= 4 is 17.9 Å². The van der Waals surface area contributed by atoms with Gasteiger partial charge in [-0.1, -0.05) is 54.6 Å². The van der Waals surface area contributed by atoms with Crippen molar-refractivity contribution in [2.24, 2.45) is 0 Å². The molecule has 0 amide bonds. The van der Waals surface area contributed by atoms with Gasteiger partial charge in [0, 0.05) is 12.3 Å². The maximum atomic E-state index is 13.5. The Hall–Kier alpha value is -5.45. The topological polar surface area (TPSA) is 180 Å². The van der Waals surface area contributed by atoms with Crippen molar-refractivity contribution in [2.45, 2.75) is 68.8 Å². The van der Waals surface area contributed by atoms with Crippen LogP contribution < -0.4 is 11.2 Å². The van der Waals surface area contributed by atoms with Crippen molar-refractivity contribution < 1.29 is 52.3 Å². The monoisotopic (exact) mass is 728 g/mol. The zero-order valence-electron chi connectivity index (χ0n) is 28.6. The highest BCUT2D eigenvalue weighted by Crippen LogP contribution is 2.43. The number of hydrogen-bond donors (Lipinski definition) is 1. The summed E-state index contributed by atoms with van der Waals surface area (Å²) in [5.41, 5.74) is -0.563. The lowest BCUT2D eigenvalue weighted by Crippen LogP contribution is -2.43. The molecule has 4 aromatic rings. The highest BCUT2D eigenvalue weighted by atomic mass is 16.8. The quantitative estimate of drug-likeness (QED) is 0.176. The molecule has 3 aromatic carbocycles. The Morgan fingerprint density at radius 1 is 0.679 bits per heavy atom. The Bertz CT molecular complexity index is 2040. The molecule has 0 saturated carbocycles. The number of esters is 3. The third-order valence-corrected chi connectivity index (χ3v) is 8.84. The summed E-state index contributed by atoms with van der Waals surface area (Å²) in [6.45, 7) is 2.78. The summed E-state index contributed by atoms with van der Waals surface area (Å²) in [7, 11) is 0. The molecule has 15 nitrogen and oxygen atoms in total. The lowest BCUT2D eigenvalue weighted by molar-refractivity contribution is -0.221. The summed E-state index contributed by atoms with van der Waals surface area (Å²) in [6.07, 6.45) is -7.26. The molecule has 7 rings (SSSR count). The van der Waals surface area contributed by atoms with Crippen LogP contribution >= 0.6 is 0 Å². The molecule has 276 valence electrons. The minimum absolute atomic E-state index is 0.216. The molecule has 8 atom stereocenters. The molecule has 0 aliphatic carbocycles. The van der Waals surface area contributed by atoms with Crippen molar-refractivity contribution in [1.82, 2.24) is 9.55 Å². The average molecular weight is 729 g/mol. The van der Waals surface area contributed by atoms with Gasteiger partial charge in [0.2, 0.25) is 0 Å². The van der Waals surface area contributed by atoms with Crippen LogP contribution in [0.2, 0.25) is 0 Å². The van der Waals surface area contributed by atoms with E-state index in [9.17, 15) is 24.0 Å². The predicted octanol–water partition coefficient (Wildman–Crippen LogP) is 3.00. The van der Waals surface area contributed by atoms with E-state index in [2.05, 4.69) is 4.98 Å². The molecule has 1 N–H and O–H groups in total. The van der Waals surface area contributed by atoms with Crippen LogP contribution in [0, 0.1) is 0 Å². The third-order valence-electron chi connectivity index (χ3n) is 8.84. The van der Waals surface area contributed by atoms with E-state index in [1.54, 1.807) is 105 Å². The van der Waals surface area contributed by atoms with Crippen LogP contribution in [0.1, 0.15) is 51.1 Å². The predicted molar refractivity (Wildman–Crippen MR) is 182 cm³/mol. The lowest BCUT2D eigenvalue weighted by Gasteiger charge is -2.26. The number of carbonyl (C=O) groups is 3. The number of benzene rings is 3. The molecular weight excluding hydrogens is 692 g/mol. The van der Waals surface area contributed by atoms with Gasteiger partial charge in [-0.25, -0.2) is 19.2 Å². The molecule has 15 heteroatoms. The second-order valence-corrected chi connectivity index (χ2v) is 13.0. The Morgan fingerprint density at radius 3 is 1.81 bits per heavy atom. The molecular formula is C38H36N2O13. The molecule has 3 aliphatic heterocycles. The highest BCUT2D eigenvalue weighted by Gasteiger charge is 2.57. The zero-order chi connectivity index (χ0) is 37.1. The van der Waals surface area contributed by atoms with Gasteiger partial charge in [-0.2, -0.15) is 0 Å². The number of fused-ring (bicyclic) bond motifs is 1. The molecule has 1 aromatic heterocycles. The van der Waals surface area contributed by atoms with Crippen LogP contribution in [-0.4, -0.2) is 89.4 Å². The number of carbonyl (C=O) groups excluding carboxylic acids is 3. The van der Waals surface area contributed by atoms with E-state index < -0.39 is 90.7 Å². The standard InChI is InChI=1S/C38H36N2O13/c1-38(2)52-29-26(48-32(30(29)53-38)40-19-18-27(41)39-37(40)45)21-47-36-31(51-35(44)24-16-10-5-11-17-24)28(50-34(43)23-14-8-4-9-15-23)25(49-36)20-46-33(42)22-12-6-3-7-13-22/h3-19,25-26,28-32,36H,20-21H2,1-2H3,(H,39,41,45)/t25-,26-,28-,29-,30-,31-,32-,36-/m1/s1. The van der Waals surface area contributed by atoms with Gasteiger partial charge in [0.05, 0.1) is 23.3 Å². The second-order valence-electron chi connectivity index (χ2n) is 13.0. The number of nitrogens with one attached hydrogen (secondary N) is 1. The fourth-order valence-electron chi connectivity index (χ4n) is 6.41. The molecule has 0 unspecified atom stereocenters. The van der Waals surface area contributed by atoms with Crippen molar-refractivity contribution in [3.63, 3.8) is 0 Å². The van der Waals surface area contributed by atoms with Gasteiger partial charge in [0.25, 0.3) is 5.56 Å². The number of hydrogen-bond acceptors (Lipinski definition) is 13. The first-order chi connectivity index (χ1) is 25.6. The van der Waals surface area contributed by atoms with Gasteiger partial charge in [0.15, 0.2) is 30.5 Å². The molecule has 0 spiro atoms. The minimum Gasteiger partial charge on any atom is -0.459 e. The summed E-state index contributed by atoms with van der Waals surface area (Å²) in [5, 5.41) is 0. The number of ether oxygens (including phenoxy) is 8. The van der Waals surface area contributed by atoms with Crippen LogP contribution in [0.15, 0.2) is 113 Å². The first-order valence-corrected chi connectivity index (χ1v) is 16.9. The van der Waals surface area contributed by atoms with E-state index >= 15 is 0 Å². The van der Waals surface area contributed by atoms with Gasteiger partial charge in [-0.15, -0.1) is 0 Å². The smallest absolute Gasteiger partial charge is 0.338 e. The fraction of sp³-hybridized carbons (Fsp3) is 0.342. The summed E-state index contributed by atoms with van der Waals surface area (Å²) in [5.74, 6) is -3.20. The normalized spacial score (nSPS) is 27.1. The summed E-state index contributed by atoms with van der Waals surface area (Å²) in [6, 6.07) is 25.9. The number of nitrogens with zero attached hydrogens (tertiary/aromatic N) is 1. The Labute approximate surface area is 302 Å². The molecule has 0 radical (unpaired) electrons. The SMILES string of the molecule is CC1(C)O[C@@H]2[C@H](O1)[C@@H](CO[C@@H]1O[C@H](COC(=O)c3ccccc3)[C@@H](OC(=O)c3ccccc3)[C@H]1OC(=O)c1ccccc1)O[C@H]2n1ccc(=O)[nH]c1=O. The van der Waals surface area contributed by atoms with E-state index in [4.69, 9.17) is 37.9 Å². The first kappa shape index (κ1) is 35.9. The van der Waals surface area contributed by atoms with Crippen molar-refractivity contribution in [2.75, 3.05) is 13.2 Å². The fourth-order valence-corrected chi connectivity index (χ4v) is 6.41. The molecule has 3 saturated heterocycles. The molecule has 3 fully saturated rings. The Kier molecular flexibility index (Phi) is 10.3. The van der Waals surface area contributed by atoms with Gasteiger partial charge < -0.3 is 37.9 Å². The molecule has 53 heavy (non-hydrogen) atoms. The Balaban J connectivity index is 1.16. The molecule has 0 bridgehead atoms. The first-order valence-electron chi connectivity index (χ1n) is 16.9. The number of aromatic amines is 1. The van der Waals surface area contributed by atoms with Crippen LogP contribution in [0.5, 0.6) is 0 Å². The van der Waals surface area contributed by atoms with Gasteiger partial charge in [0.1, 0.15) is 31.0 Å². The Morgan fingerprint density at radius 2 is 1.23 bits per heavy atom. The average Bonchev–Trinajstić information content (AvgIpc) is 3.78. The largest absolute Gasteiger partial charge is 0.459 e. The van der Waals surface area contributed by atoms with Gasteiger partial charge in [-0.05, 0) is 50.2 Å². The maximum absolute atomic E-state index is 13.5. The van der Waals surface area contributed by atoms with Crippen molar-refractivity contribution in [1.29, 1.82) is 0 Å². The maximum Gasteiger partial charge on any atom is 0.338 e. The van der Waals surface area contributed by atoms with E-state index in [1.807, 2.05) is 0 Å². The van der Waals surface area contributed by atoms with E-state index in [1.165, 1.54) is 16.8 Å². The number of rotatable bonds is 11. The van der Waals surface area contributed by atoms with Crippen LogP contribution in [0.25, 0.3) is 0 Å². The van der Waals surface area contributed by atoms with Crippen molar-refractivity contribution in [3.8, 4) is 0 Å². The van der Waals surface area contributed by atoms with Crippen LogP contribution in [0.3, 0.4) is 0 Å². The third kappa shape index (κ3) is 7.99. The van der Waals surface area contributed by atoms with E-state index in [0.29, 0.717) is 0 Å².